The van der Waals surface area contributed by atoms with Crippen molar-refractivity contribution in [2.45, 2.75) is 6.04 Å². The summed E-state index contributed by atoms with van der Waals surface area (Å²) < 4.78 is 45.3. The minimum absolute atomic E-state index is 0.115. The van der Waals surface area contributed by atoms with E-state index >= 15 is 0 Å². The summed E-state index contributed by atoms with van der Waals surface area (Å²) >= 11 is 0. The van der Waals surface area contributed by atoms with Crippen LogP contribution in [0.15, 0.2) is 47.1 Å². The lowest BCUT2D eigenvalue weighted by molar-refractivity contribution is 0.438. The zero-order valence-electron chi connectivity index (χ0n) is 10.2. The Morgan fingerprint density at radius 2 is 1.65 bits per heavy atom. The number of nitrogens with two attached hydrogens (primary N) is 1. The molecular weight excluding hydrogens is 267 g/mol. The van der Waals surface area contributed by atoms with Gasteiger partial charge < -0.3 is 10.2 Å². The molecule has 1 heterocycles. The minimum atomic E-state index is -1.52. The topological polar surface area (TPSA) is 39.2 Å². The molecule has 0 amide bonds. The lowest BCUT2D eigenvalue weighted by Crippen LogP contribution is -2.14. The third kappa shape index (κ3) is 1.87. The first kappa shape index (κ1) is 12.7. The first-order valence-electron chi connectivity index (χ1n) is 5.94. The van der Waals surface area contributed by atoms with Crippen molar-refractivity contribution in [2.75, 3.05) is 0 Å². The fourth-order valence-electron chi connectivity index (χ4n) is 2.19. The van der Waals surface area contributed by atoms with Gasteiger partial charge in [0.1, 0.15) is 5.58 Å². The van der Waals surface area contributed by atoms with Crippen LogP contribution in [-0.4, -0.2) is 0 Å². The van der Waals surface area contributed by atoms with Crippen LogP contribution in [0.2, 0.25) is 0 Å². The van der Waals surface area contributed by atoms with Crippen molar-refractivity contribution < 1.29 is 17.6 Å². The van der Waals surface area contributed by atoms with Crippen LogP contribution in [0.3, 0.4) is 0 Å². The highest BCUT2D eigenvalue weighted by Crippen LogP contribution is 2.31. The number of halogens is 3. The second-order valence-electron chi connectivity index (χ2n) is 4.43. The molecule has 3 aromatic rings. The summed E-state index contributed by atoms with van der Waals surface area (Å²) in [6, 6.07) is 8.15. The molecular formula is C15H10F3NO. The number of rotatable bonds is 2. The largest absolute Gasteiger partial charge is 0.464 e. The molecule has 0 spiro atoms. The Bertz CT molecular complexity index is 782. The molecule has 0 aliphatic rings. The van der Waals surface area contributed by atoms with Crippen molar-refractivity contribution in [3.05, 3.63) is 71.2 Å². The molecule has 3 rings (SSSR count). The van der Waals surface area contributed by atoms with E-state index in [1.807, 2.05) is 0 Å². The molecule has 1 atom stereocenters. The second-order valence-corrected chi connectivity index (χ2v) is 4.43. The molecule has 102 valence electrons. The van der Waals surface area contributed by atoms with E-state index in [1.165, 1.54) is 6.26 Å². The lowest BCUT2D eigenvalue weighted by Gasteiger charge is -2.12. The van der Waals surface area contributed by atoms with E-state index in [0.29, 0.717) is 16.5 Å². The van der Waals surface area contributed by atoms with Crippen molar-refractivity contribution in [1.29, 1.82) is 0 Å². The van der Waals surface area contributed by atoms with Gasteiger partial charge in [0, 0.05) is 16.5 Å². The number of furan rings is 1. The molecule has 20 heavy (non-hydrogen) atoms. The average molecular weight is 277 g/mol. The Morgan fingerprint density at radius 3 is 2.45 bits per heavy atom. The SMILES string of the molecule is NC(c1ccc(F)c(F)c1F)c1coc2ccccc12. The number of fused-ring (bicyclic) bond motifs is 1. The van der Waals surface area contributed by atoms with E-state index in [4.69, 9.17) is 10.2 Å². The maximum atomic E-state index is 13.8. The quantitative estimate of drug-likeness (QED) is 0.721. The highest BCUT2D eigenvalue weighted by atomic mass is 19.2. The maximum absolute atomic E-state index is 13.8. The van der Waals surface area contributed by atoms with E-state index in [2.05, 4.69) is 0 Å². The van der Waals surface area contributed by atoms with Gasteiger partial charge in [0.2, 0.25) is 0 Å². The highest BCUT2D eigenvalue weighted by Gasteiger charge is 2.22. The highest BCUT2D eigenvalue weighted by molar-refractivity contribution is 5.81. The van der Waals surface area contributed by atoms with Crippen molar-refractivity contribution in [3.63, 3.8) is 0 Å². The van der Waals surface area contributed by atoms with Crippen LogP contribution < -0.4 is 5.73 Å². The fraction of sp³-hybridized carbons (Fsp3) is 0.0667. The summed E-state index contributed by atoms with van der Waals surface area (Å²) in [4.78, 5) is 0. The third-order valence-corrected chi connectivity index (χ3v) is 3.25. The monoisotopic (exact) mass is 277 g/mol. The van der Waals surface area contributed by atoms with Crippen molar-refractivity contribution in [2.24, 2.45) is 5.73 Å². The number of benzene rings is 2. The molecule has 1 unspecified atom stereocenters. The van der Waals surface area contributed by atoms with Gasteiger partial charge in [-0.25, -0.2) is 13.2 Å². The molecule has 0 aliphatic carbocycles. The van der Waals surface area contributed by atoms with Gasteiger partial charge in [-0.15, -0.1) is 0 Å². The summed E-state index contributed by atoms with van der Waals surface area (Å²) in [5, 5.41) is 0.712. The molecule has 5 heteroatoms. The van der Waals surface area contributed by atoms with E-state index in [9.17, 15) is 13.2 Å². The fourth-order valence-corrected chi connectivity index (χ4v) is 2.19. The zero-order valence-corrected chi connectivity index (χ0v) is 10.2. The van der Waals surface area contributed by atoms with Crippen molar-refractivity contribution in [3.8, 4) is 0 Å². The summed E-state index contributed by atoms with van der Waals surface area (Å²) in [7, 11) is 0. The normalized spacial score (nSPS) is 12.8. The first-order valence-corrected chi connectivity index (χ1v) is 5.94. The van der Waals surface area contributed by atoms with Gasteiger partial charge in [-0.3, -0.25) is 0 Å². The minimum Gasteiger partial charge on any atom is -0.464 e. The molecule has 0 saturated heterocycles. The van der Waals surface area contributed by atoms with Gasteiger partial charge in [-0.2, -0.15) is 0 Å². The molecule has 0 aliphatic heterocycles. The predicted octanol–water partition coefficient (Wildman–Crippen LogP) is 3.90. The Kier molecular flexibility index (Phi) is 2.99. The summed E-state index contributed by atoms with van der Waals surface area (Å²) in [6.45, 7) is 0. The lowest BCUT2D eigenvalue weighted by atomic mass is 9.98. The molecule has 2 N–H and O–H groups in total. The summed E-state index contributed by atoms with van der Waals surface area (Å²) in [6.07, 6.45) is 1.40. The average Bonchev–Trinajstić information content (AvgIpc) is 2.88. The standard InChI is InChI=1S/C15H10F3NO/c16-11-6-5-9(13(17)14(11)18)15(19)10-7-20-12-4-2-1-3-8(10)12/h1-7,15H,19H2. The van der Waals surface area contributed by atoms with E-state index in [-0.39, 0.29) is 5.56 Å². The molecule has 0 bridgehead atoms. The molecule has 0 saturated carbocycles. The second kappa shape index (κ2) is 4.68. The van der Waals surface area contributed by atoms with Gasteiger partial charge in [0.05, 0.1) is 12.3 Å². The number of hydrogen-bond donors (Lipinski definition) is 1. The van der Waals surface area contributed by atoms with Crippen LogP contribution in [0.4, 0.5) is 13.2 Å². The summed E-state index contributed by atoms with van der Waals surface area (Å²) in [5.41, 5.74) is 6.96. The van der Waals surface area contributed by atoms with Crippen LogP contribution in [0.1, 0.15) is 17.2 Å². The predicted molar refractivity (Wildman–Crippen MR) is 68.6 cm³/mol. The van der Waals surface area contributed by atoms with Crippen LogP contribution in [0.25, 0.3) is 11.0 Å². The number of para-hydroxylation sites is 1. The van der Waals surface area contributed by atoms with Crippen LogP contribution in [0, 0.1) is 17.5 Å². The molecule has 0 radical (unpaired) electrons. The Balaban J connectivity index is 2.13. The van der Waals surface area contributed by atoms with Gasteiger partial charge >= 0.3 is 0 Å². The van der Waals surface area contributed by atoms with Crippen LogP contribution in [0.5, 0.6) is 0 Å². The van der Waals surface area contributed by atoms with E-state index in [0.717, 1.165) is 12.1 Å². The summed E-state index contributed by atoms with van der Waals surface area (Å²) in [5.74, 6) is -4.04. The maximum Gasteiger partial charge on any atom is 0.194 e. The third-order valence-electron chi connectivity index (χ3n) is 3.25. The molecule has 2 nitrogen and oxygen atoms in total. The van der Waals surface area contributed by atoms with Crippen molar-refractivity contribution >= 4 is 11.0 Å². The van der Waals surface area contributed by atoms with Crippen molar-refractivity contribution in [1.82, 2.24) is 0 Å². The molecule has 1 aromatic heterocycles. The zero-order chi connectivity index (χ0) is 14.3. The Hall–Kier alpha value is -2.27. The molecule has 0 fully saturated rings. The molecule has 2 aromatic carbocycles. The van der Waals surface area contributed by atoms with Crippen LogP contribution >= 0.6 is 0 Å². The van der Waals surface area contributed by atoms with Gasteiger partial charge in [-0.05, 0) is 12.1 Å². The van der Waals surface area contributed by atoms with Gasteiger partial charge in [-0.1, -0.05) is 24.3 Å². The Labute approximate surface area is 112 Å². The van der Waals surface area contributed by atoms with E-state index in [1.54, 1.807) is 24.3 Å². The van der Waals surface area contributed by atoms with Crippen LogP contribution in [-0.2, 0) is 0 Å². The number of hydrogen-bond acceptors (Lipinski definition) is 2. The Morgan fingerprint density at radius 1 is 0.900 bits per heavy atom. The van der Waals surface area contributed by atoms with Gasteiger partial charge in [0.15, 0.2) is 17.5 Å². The first-order chi connectivity index (χ1) is 9.59. The van der Waals surface area contributed by atoms with E-state index < -0.39 is 23.5 Å². The van der Waals surface area contributed by atoms with Gasteiger partial charge in [0.25, 0.3) is 0 Å². The smallest absolute Gasteiger partial charge is 0.194 e.